The fourth-order valence-corrected chi connectivity index (χ4v) is 2.93. The molecule has 0 atom stereocenters. The lowest BCUT2D eigenvalue weighted by atomic mass is 9.95. The van der Waals surface area contributed by atoms with Gasteiger partial charge in [-0.3, -0.25) is 4.90 Å². The molecular weight excluding hydrogens is 226 g/mol. The highest BCUT2D eigenvalue weighted by Crippen LogP contribution is 2.20. The highest BCUT2D eigenvalue weighted by atomic mass is 16.2. The summed E-state index contributed by atoms with van der Waals surface area (Å²) < 4.78 is 0. The molecule has 4 nitrogen and oxygen atoms in total. The Balaban J connectivity index is 1.85. The van der Waals surface area contributed by atoms with E-state index in [1.807, 2.05) is 4.90 Å². The predicted octanol–water partition coefficient (Wildman–Crippen LogP) is 2.05. The van der Waals surface area contributed by atoms with Gasteiger partial charge in [0.1, 0.15) is 0 Å². The summed E-state index contributed by atoms with van der Waals surface area (Å²) in [6, 6.07) is 0.553. The van der Waals surface area contributed by atoms with Gasteiger partial charge in [0.2, 0.25) is 0 Å². The number of rotatable bonds is 1. The van der Waals surface area contributed by atoms with E-state index in [0.29, 0.717) is 6.04 Å². The Morgan fingerprint density at radius 2 is 1.83 bits per heavy atom. The monoisotopic (exact) mass is 253 g/mol. The van der Waals surface area contributed by atoms with Gasteiger partial charge in [0.05, 0.1) is 0 Å². The third kappa shape index (κ3) is 3.16. The number of likely N-dealkylation sites (N-methyl/N-ethyl adjacent to an activating group) is 1. The number of carbonyl (C=O) groups excluding carboxylic acids is 1. The minimum absolute atomic E-state index is 0.0855. The number of hydrogen-bond acceptors (Lipinski definition) is 2. The van der Waals surface area contributed by atoms with Crippen molar-refractivity contribution >= 4 is 6.03 Å². The number of nitrogens with one attached hydrogen (secondary N) is 1. The number of hydrogen-bond donors (Lipinski definition) is 1. The molecule has 2 fully saturated rings. The van der Waals surface area contributed by atoms with Crippen molar-refractivity contribution in [2.45, 2.75) is 57.5 Å². The second kappa shape index (κ2) is 5.47. The van der Waals surface area contributed by atoms with Gasteiger partial charge in [-0.15, -0.1) is 0 Å². The van der Waals surface area contributed by atoms with E-state index in [-0.39, 0.29) is 11.6 Å². The summed E-state index contributed by atoms with van der Waals surface area (Å²) in [5.74, 6) is 0. The lowest BCUT2D eigenvalue weighted by Crippen LogP contribution is -2.61. The average Bonchev–Trinajstić information content (AvgIpc) is 2.34. The average molecular weight is 253 g/mol. The Hall–Kier alpha value is -0.770. The second-order valence-electron chi connectivity index (χ2n) is 6.44. The first-order chi connectivity index (χ1) is 8.49. The third-order valence-corrected chi connectivity index (χ3v) is 4.54. The summed E-state index contributed by atoms with van der Waals surface area (Å²) in [6.07, 6.45) is 6.16. The molecular formula is C14H27N3O. The zero-order chi connectivity index (χ0) is 13.2. The fourth-order valence-electron chi connectivity index (χ4n) is 2.93. The Morgan fingerprint density at radius 3 is 2.44 bits per heavy atom. The minimum Gasteiger partial charge on any atom is -0.335 e. The van der Waals surface area contributed by atoms with Crippen LogP contribution in [0.5, 0.6) is 0 Å². The normalized spacial score (nSPS) is 26.1. The Bertz CT molecular complexity index is 297. The molecule has 0 aromatic heterocycles. The molecule has 2 rings (SSSR count). The van der Waals surface area contributed by atoms with E-state index in [0.717, 1.165) is 32.5 Å². The summed E-state index contributed by atoms with van der Waals surface area (Å²) in [5.41, 5.74) is 0.0855. The predicted molar refractivity (Wildman–Crippen MR) is 73.7 cm³/mol. The maximum atomic E-state index is 12.3. The summed E-state index contributed by atoms with van der Waals surface area (Å²) in [4.78, 5) is 16.6. The minimum atomic E-state index is 0.0855. The van der Waals surface area contributed by atoms with Crippen LogP contribution in [0, 0.1) is 0 Å². The van der Waals surface area contributed by atoms with Crippen LogP contribution in [0.1, 0.15) is 46.0 Å². The lowest BCUT2D eigenvalue weighted by molar-refractivity contribution is 0.0558. The van der Waals surface area contributed by atoms with Gasteiger partial charge in [-0.1, -0.05) is 19.3 Å². The molecule has 0 unspecified atom stereocenters. The standard InChI is InChI=1S/C14H27N3O/c1-14(2)11-17(10-9-16(14)3)13(18)15-12-7-5-4-6-8-12/h12H,4-11H2,1-3H3,(H,15,18). The van der Waals surface area contributed by atoms with Crippen LogP contribution in [-0.2, 0) is 0 Å². The van der Waals surface area contributed by atoms with Gasteiger partial charge >= 0.3 is 6.03 Å². The molecule has 1 aliphatic carbocycles. The molecule has 0 bridgehead atoms. The van der Waals surface area contributed by atoms with E-state index in [1.165, 1.54) is 19.3 Å². The summed E-state index contributed by atoms with van der Waals surface area (Å²) in [6.45, 7) is 7.03. The highest BCUT2D eigenvalue weighted by Gasteiger charge is 2.33. The molecule has 0 aromatic rings. The number of piperazine rings is 1. The zero-order valence-corrected chi connectivity index (χ0v) is 12.0. The van der Waals surface area contributed by atoms with Gasteiger partial charge in [-0.05, 0) is 33.7 Å². The van der Waals surface area contributed by atoms with Gasteiger partial charge in [0.15, 0.2) is 0 Å². The molecule has 1 saturated carbocycles. The van der Waals surface area contributed by atoms with Crippen molar-refractivity contribution in [3.05, 3.63) is 0 Å². The number of urea groups is 1. The molecule has 104 valence electrons. The number of nitrogens with zero attached hydrogens (tertiary/aromatic N) is 2. The maximum absolute atomic E-state index is 12.3. The van der Waals surface area contributed by atoms with Crippen molar-refractivity contribution < 1.29 is 4.79 Å². The Labute approximate surface area is 111 Å². The molecule has 1 saturated heterocycles. The van der Waals surface area contributed by atoms with Crippen LogP contribution in [0.4, 0.5) is 4.79 Å². The summed E-state index contributed by atoms with van der Waals surface area (Å²) >= 11 is 0. The molecule has 0 radical (unpaired) electrons. The van der Waals surface area contributed by atoms with E-state index in [2.05, 4.69) is 31.1 Å². The van der Waals surface area contributed by atoms with Crippen molar-refractivity contribution in [1.29, 1.82) is 0 Å². The summed E-state index contributed by atoms with van der Waals surface area (Å²) in [5, 5.41) is 3.21. The van der Waals surface area contributed by atoms with Crippen LogP contribution in [0.15, 0.2) is 0 Å². The SMILES string of the molecule is CN1CCN(C(=O)NC2CCCCC2)CC1(C)C. The van der Waals surface area contributed by atoms with E-state index < -0.39 is 0 Å². The maximum Gasteiger partial charge on any atom is 0.317 e. The van der Waals surface area contributed by atoms with Crippen LogP contribution in [-0.4, -0.2) is 54.1 Å². The fraction of sp³-hybridized carbons (Fsp3) is 0.929. The molecule has 0 aromatic carbocycles. The van der Waals surface area contributed by atoms with Gasteiger partial charge in [0, 0.05) is 31.2 Å². The lowest BCUT2D eigenvalue weighted by Gasteiger charge is -2.45. The largest absolute Gasteiger partial charge is 0.335 e. The molecule has 2 aliphatic rings. The van der Waals surface area contributed by atoms with Gasteiger partial charge in [-0.2, -0.15) is 0 Å². The molecule has 4 heteroatoms. The van der Waals surface area contributed by atoms with Crippen LogP contribution in [0.3, 0.4) is 0 Å². The third-order valence-electron chi connectivity index (χ3n) is 4.54. The van der Waals surface area contributed by atoms with Crippen LogP contribution < -0.4 is 5.32 Å². The first kappa shape index (κ1) is 13.7. The van der Waals surface area contributed by atoms with E-state index >= 15 is 0 Å². The molecule has 1 heterocycles. The van der Waals surface area contributed by atoms with Crippen molar-refractivity contribution in [2.24, 2.45) is 0 Å². The van der Waals surface area contributed by atoms with E-state index in [1.54, 1.807) is 0 Å². The van der Waals surface area contributed by atoms with Gasteiger partial charge in [0.25, 0.3) is 0 Å². The van der Waals surface area contributed by atoms with Crippen molar-refractivity contribution in [3.8, 4) is 0 Å². The quantitative estimate of drug-likeness (QED) is 0.776. The second-order valence-corrected chi connectivity index (χ2v) is 6.44. The van der Waals surface area contributed by atoms with Gasteiger partial charge in [-0.25, -0.2) is 4.79 Å². The summed E-state index contributed by atoms with van der Waals surface area (Å²) in [7, 11) is 2.14. The number of amides is 2. The zero-order valence-electron chi connectivity index (χ0n) is 12.0. The van der Waals surface area contributed by atoms with Crippen molar-refractivity contribution in [1.82, 2.24) is 15.1 Å². The van der Waals surface area contributed by atoms with Crippen molar-refractivity contribution in [3.63, 3.8) is 0 Å². The molecule has 1 aliphatic heterocycles. The topological polar surface area (TPSA) is 35.6 Å². The van der Waals surface area contributed by atoms with Crippen molar-refractivity contribution in [2.75, 3.05) is 26.7 Å². The molecule has 2 amide bonds. The molecule has 18 heavy (non-hydrogen) atoms. The molecule has 0 spiro atoms. The smallest absolute Gasteiger partial charge is 0.317 e. The Kier molecular flexibility index (Phi) is 4.15. The first-order valence-corrected chi connectivity index (χ1v) is 7.26. The first-order valence-electron chi connectivity index (χ1n) is 7.26. The van der Waals surface area contributed by atoms with Crippen LogP contribution in [0.25, 0.3) is 0 Å². The Morgan fingerprint density at radius 1 is 1.17 bits per heavy atom. The highest BCUT2D eigenvalue weighted by molar-refractivity contribution is 5.74. The van der Waals surface area contributed by atoms with Crippen LogP contribution in [0.2, 0.25) is 0 Å². The molecule has 1 N–H and O–H groups in total. The van der Waals surface area contributed by atoms with E-state index in [9.17, 15) is 4.79 Å². The van der Waals surface area contributed by atoms with Gasteiger partial charge < -0.3 is 10.2 Å². The van der Waals surface area contributed by atoms with Crippen LogP contribution >= 0.6 is 0 Å². The number of carbonyl (C=O) groups is 1. The van der Waals surface area contributed by atoms with E-state index in [4.69, 9.17) is 0 Å².